The number of halogens is 2. The minimum absolute atomic E-state index is 0.158. The van der Waals surface area contributed by atoms with Crippen molar-refractivity contribution in [2.24, 2.45) is 0 Å². The fraction of sp³-hybridized carbons (Fsp3) is 0.222. The van der Waals surface area contributed by atoms with Gasteiger partial charge in [-0.1, -0.05) is 41.4 Å². The van der Waals surface area contributed by atoms with Gasteiger partial charge < -0.3 is 14.2 Å². The number of rotatable bonds is 5. The molecule has 7 heteroatoms. The van der Waals surface area contributed by atoms with Gasteiger partial charge in [-0.15, -0.1) is 0 Å². The average molecular weight is 381 g/mol. The number of para-hydroxylation sites is 1. The first-order chi connectivity index (χ1) is 12.0. The van der Waals surface area contributed by atoms with Crippen molar-refractivity contribution in [3.8, 4) is 5.75 Å². The molecule has 2 aromatic rings. The molecule has 0 bridgehead atoms. The molecule has 0 saturated carbocycles. The first-order valence-electron chi connectivity index (χ1n) is 7.58. The molecule has 1 atom stereocenters. The molecule has 0 aromatic heterocycles. The molecule has 2 aromatic carbocycles. The summed E-state index contributed by atoms with van der Waals surface area (Å²) in [5.41, 5.74) is 0.959. The number of hydrogen-bond acceptors (Lipinski definition) is 5. The van der Waals surface area contributed by atoms with Crippen molar-refractivity contribution in [3.63, 3.8) is 0 Å². The molecule has 0 N–H and O–H groups in total. The maximum absolute atomic E-state index is 12.3. The van der Waals surface area contributed by atoms with Crippen LogP contribution >= 0.6 is 23.2 Å². The number of ether oxygens (including phenoxy) is 3. The summed E-state index contributed by atoms with van der Waals surface area (Å²) in [4.78, 5) is 23.8. The number of benzene rings is 2. The Kier molecular flexibility index (Phi) is 5.46. The van der Waals surface area contributed by atoms with Crippen LogP contribution in [0.3, 0.4) is 0 Å². The normalized spacial score (nSPS) is 16.4. The van der Waals surface area contributed by atoms with Gasteiger partial charge in [-0.2, -0.15) is 0 Å². The summed E-state index contributed by atoms with van der Waals surface area (Å²) in [6, 6.07) is 11.7. The fourth-order valence-electron chi connectivity index (χ4n) is 2.33. The first-order valence-corrected chi connectivity index (χ1v) is 8.33. The van der Waals surface area contributed by atoms with E-state index in [9.17, 15) is 9.59 Å². The SMILES string of the molecule is O=C(O[C@H]1CCOC1=O)c1ccccc1OCc1ccc(Cl)cc1Cl. The number of hydrogen-bond donors (Lipinski definition) is 0. The standard InChI is InChI=1S/C18H14Cl2O5/c19-12-6-5-11(14(20)9-12)10-24-15-4-2-1-3-13(15)17(21)25-16-7-8-23-18(16)22/h1-6,9,16H,7-8,10H2/t16-/m0/s1. The molecular weight excluding hydrogens is 367 g/mol. The maximum Gasteiger partial charge on any atom is 0.347 e. The van der Waals surface area contributed by atoms with Crippen molar-refractivity contribution in [2.45, 2.75) is 19.1 Å². The summed E-state index contributed by atoms with van der Waals surface area (Å²) in [5, 5.41) is 1.00. The largest absolute Gasteiger partial charge is 0.488 e. The molecule has 1 saturated heterocycles. The fourth-order valence-corrected chi connectivity index (χ4v) is 2.80. The van der Waals surface area contributed by atoms with E-state index in [1.807, 2.05) is 0 Å². The predicted molar refractivity (Wildman–Crippen MR) is 92.0 cm³/mol. The highest BCUT2D eigenvalue weighted by atomic mass is 35.5. The minimum Gasteiger partial charge on any atom is -0.488 e. The van der Waals surface area contributed by atoms with Crippen molar-refractivity contribution in [1.82, 2.24) is 0 Å². The summed E-state index contributed by atoms with van der Waals surface area (Å²) in [7, 11) is 0. The van der Waals surface area contributed by atoms with Crippen molar-refractivity contribution >= 4 is 35.1 Å². The smallest absolute Gasteiger partial charge is 0.347 e. The molecule has 25 heavy (non-hydrogen) atoms. The second kappa shape index (κ2) is 7.76. The van der Waals surface area contributed by atoms with Gasteiger partial charge in [0.15, 0.2) is 0 Å². The van der Waals surface area contributed by atoms with Crippen molar-refractivity contribution in [2.75, 3.05) is 6.61 Å². The van der Waals surface area contributed by atoms with E-state index in [0.29, 0.717) is 22.2 Å². The first kappa shape index (κ1) is 17.6. The van der Waals surface area contributed by atoms with Gasteiger partial charge >= 0.3 is 11.9 Å². The van der Waals surface area contributed by atoms with Gasteiger partial charge in [0.05, 0.1) is 6.61 Å². The van der Waals surface area contributed by atoms with Crippen LogP contribution in [0.2, 0.25) is 10.0 Å². The molecule has 5 nitrogen and oxygen atoms in total. The number of carbonyl (C=O) groups excluding carboxylic acids is 2. The molecule has 1 fully saturated rings. The van der Waals surface area contributed by atoms with Crippen LogP contribution in [0.1, 0.15) is 22.3 Å². The summed E-state index contributed by atoms with van der Waals surface area (Å²) in [5.74, 6) is -0.828. The highest BCUT2D eigenvalue weighted by Gasteiger charge is 2.31. The third kappa shape index (κ3) is 4.24. The van der Waals surface area contributed by atoms with E-state index in [-0.39, 0.29) is 18.8 Å². The van der Waals surface area contributed by atoms with Crippen LogP contribution in [0, 0.1) is 0 Å². The Balaban J connectivity index is 1.72. The maximum atomic E-state index is 12.3. The molecule has 0 spiro atoms. The zero-order valence-electron chi connectivity index (χ0n) is 13.0. The lowest BCUT2D eigenvalue weighted by molar-refractivity contribution is -0.145. The molecule has 0 amide bonds. The van der Waals surface area contributed by atoms with Crippen LogP contribution < -0.4 is 4.74 Å². The van der Waals surface area contributed by atoms with E-state index in [1.54, 1.807) is 42.5 Å². The number of cyclic esters (lactones) is 1. The van der Waals surface area contributed by atoms with Crippen molar-refractivity contribution < 1.29 is 23.8 Å². The topological polar surface area (TPSA) is 61.8 Å². The summed E-state index contributed by atoms with van der Waals surface area (Å²) in [6.45, 7) is 0.412. The van der Waals surface area contributed by atoms with Gasteiger partial charge in [0.1, 0.15) is 17.9 Å². The van der Waals surface area contributed by atoms with Gasteiger partial charge in [0.25, 0.3) is 0 Å². The monoisotopic (exact) mass is 380 g/mol. The summed E-state index contributed by atoms with van der Waals surface area (Å²) >= 11 is 12.0. The van der Waals surface area contributed by atoms with Gasteiger partial charge in [0.2, 0.25) is 6.10 Å². The van der Waals surface area contributed by atoms with E-state index in [4.69, 9.17) is 37.4 Å². The molecule has 1 aliphatic heterocycles. The van der Waals surface area contributed by atoms with E-state index < -0.39 is 18.0 Å². The Morgan fingerprint density at radius 2 is 2.00 bits per heavy atom. The average Bonchev–Trinajstić information content (AvgIpc) is 2.99. The van der Waals surface area contributed by atoms with Gasteiger partial charge in [0, 0.05) is 22.0 Å². The van der Waals surface area contributed by atoms with Crippen LogP contribution in [-0.4, -0.2) is 24.6 Å². The lowest BCUT2D eigenvalue weighted by Gasteiger charge is -2.13. The third-order valence-corrected chi connectivity index (χ3v) is 4.23. The van der Waals surface area contributed by atoms with E-state index in [2.05, 4.69) is 0 Å². The van der Waals surface area contributed by atoms with E-state index >= 15 is 0 Å². The Labute approximate surface area is 154 Å². The van der Waals surface area contributed by atoms with E-state index in [1.165, 1.54) is 0 Å². The Morgan fingerprint density at radius 1 is 1.20 bits per heavy atom. The van der Waals surface area contributed by atoms with Crippen LogP contribution in [0.25, 0.3) is 0 Å². The van der Waals surface area contributed by atoms with Gasteiger partial charge in [-0.05, 0) is 24.3 Å². The Hall–Kier alpha value is -2.24. The van der Waals surface area contributed by atoms with Gasteiger partial charge in [-0.25, -0.2) is 9.59 Å². The second-order valence-corrected chi connectivity index (χ2v) is 6.21. The minimum atomic E-state index is -0.869. The molecular formula is C18H14Cl2O5. The highest BCUT2D eigenvalue weighted by Crippen LogP contribution is 2.25. The quantitative estimate of drug-likeness (QED) is 0.732. The van der Waals surface area contributed by atoms with Crippen LogP contribution in [0.4, 0.5) is 0 Å². The van der Waals surface area contributed by atoms with Gasteiger partial charge in [-0.3, -0.25) is 0 Å². The zero-order chi connectivity index (χ0) is 17.8. The molecule has 1 heterocycles. The molecule has 0 radical (unpaired) electrons. The van der Waals surface area contributed by atoms with E-state index in [0.717, 1.165) is 5.56 Å². The Bertz CT molecular complexity index is 806. The Morgan fingerprint density at radius 3 is 2.72 bits per heavy atom. The predicted octanol–water partition coefficient (Wildman–Crippen LogP) is 4.04. The van der Waals surface area contributed by atoms with Crippen molar-refractivity contribution in [1.29, 1.82) is 0 Å². The molecule has 3 rings (SSSR count). The van der Waals surface area contributed by atoms with Crippen molar-refractivity contribution in [3.05, 3.63) is 63.6 Å². The summed E-state index contributed by atoms with van der Waals surface area (Å²) in [6.07, 6.45) is -0.514. The van der Waals surface area contributed by atoms with Crippen LogP contribution in [0.5, 0.6) is 5.75 Å². The number of carbonyl (C=O) groups is 2. The molecule has 130 valence electrons. The second-order valence-electron chi connectivity index (χ2n) is 5.37. The molecule has 0 aliphatic carbocycles. The number of esters is 2. The molecule has 1 aliphatic rings. The third-order valence-electron chi connectivity index (χ3n) is 3.64. The zero-order valence-corrected chi connectivity index (χ0v) is 14.5. The lowest BCUT2D eigenvalue weighted by Crippen LogP contribution is -2.23. The van der Waals surface area contributed by atoms with Crippen LogP contribution in [-0.2, 0) is 20.9 Å². The molecule has 0 unspecified atom stereocenters. The summed E-state index contributed by atoms with van der Waals surface area (Å²) < 4.78 is 15.7. The lowest BCUT2D eigenvalue weighted by atomic mass is 10.2. The highest BCUT2D eigenvalue weighted by molar-refractivity contribution is 6.35. The van der Waals surface area contributed by atoms with Crippen LogP contribution in [0.15, 0.2) is 42.5 Å².